The molecule has 1 amide bonds. The molecule has 1 aliphatic heterocycles. The van der Waals surface area contributed by atoms with Crippen LogP contribution >= 0.6 is 11.6 Å². The number of aryl methyl sites for hydroxylation is 1. The first-order valence-corrected chi connectivity index (χ1v) is 8.28. The van der Waals surface area contributed by atoms with E-state index in [1.54, 1.807) is 11.9 Å². The summed E-state index contributed by atoms with van der Waals surface area (Å²) in [5, 5.41) is 8.26. The number of rotatable bonds is 3. The van der Waals surface area contributed by atoms with Crippen LogP contribution in [0.5, 0.6) is 0 Å². The molecule has 0 unspecified atom stereocenters. The average molecular weight is 359 g/mol. The molecule has 0 saturated carbocycles. The SMILES string of the molecule is Cn1nc(C(=O)N2CCC[C@H]2c2nc(-c3ccccc3)no2)nc1Cl. The Balaban J connectivity index is 1.59. The molecule has 3 aromatic rings. The number of benzene rings is 1. The summed E-state index contributed by atoms with van der Waals surface area (Å²) >= 11 is 5.88. The van der Waals surface area contributed by atoms with Gasteiger partial charge in [0, 0.05) is 19.2 Å². The van der Waals surface area contributed by atoms with Crippen molar-refractivity contribution >= 4 is 17.5 Å². The monoisotopic (exact) mass is 358 g/mol. The second-order valence-corrected chi connectivity index (χ2v) is 6.14. The van der Waals surface area contributed by atoms with Crippen molar-refractivity contribution in [1.82, 2.24) is 29.8 Å². The van der Waals surface area contributed by atoms with E-state index < -0.39 is 0 Å². The molecule has 8 nitrogen and oxygen atoms in total. The van der Waals surface area contributed by atoms with E-state index in [4.69, 9.17) is 16.1 Å². The van der Waals surface area contributed by atoms with Crippen LogP contribution in [-0.2, 0) is 7.05 Å². The molecular formula is C16H15ClN6O2. The quantitative estimate of drug-likeness (QED) is 0.714. The van der Waals surface area contributed by atoms with Crippen molar-refractivity contribution in [2.24, 2.45) is 7.05 Å². The fourth-order valence-electron chi connectivity index (χ4n) is 2.93. The fourth-order valence-corrected chi connectivity index (χ4v) is 3.04. The second-order valence-electron chi connectivity index (χ2n) is 5.81. The number of halogens is 1. The molecule has 0 N–H and O–H groups in total. The predicted octanol–water partition coefficient (Wildman–Crippen LogP) is 2.50. The highest BCUT2D eigenvalue weighted by atomic mass is 35.5. The molecule has 2 aromatic heterocycles. The molecule has 128 valence electrons. The zero-order chi connectivity index (χ0) is 17.4. The lowest BCUT2D eigenvalue weighted by Gasteiger charge is -2.20. The number of hydrogen-bond donors (Lipinski definition) is 0. The molecule has 1 aromatic carbocycles. The minimum Gasteiger partial charge on any atom is -0.337 e. The van der Waals surface area contributed by atoms with Crippen molar-refractivity contribution in [3.63, 3.8) is 0 Å². The summed E-state index contributed by atoms with van der Waals surface area (Å²) in [5.74, 6) is 0.715. The Morgan fingerprint density at radius 1 is 1.28 bits per heavy atom. The lowest BCUT2D eigenvalue weighted by Crippen LogP contribution is -2.31. The first-order valence-electron chi connectivity index (χ1n) is 7.90. The van der Waals surface area contributed by atoms with E-state index >= 15 is 0 Å². The van der Waals surface area contributed by atoms with E-state index in [2.05, 4.69) is 20.2 Å². The van der Waals surface area contributed by atoms with Crippen LogP contribution in [0.4, 0.5) is 0 Å². The molecule has 1 atom stereocenters. The third-order valence-corrected chi connectivity index (χ3v) is 4.50. The van der Waals surface area contributed by atoms with E-state index in [1.165, 1.54) is 4.68 Å². The molecular weight excluding hydrogens is 344 g/mol. The largest absolute Gasteiger partial charge is 0.337 e. The van der Waals surface area contributed by atoms with Crippen molar-refractivity contribution in [3.8, 4) is 11.4 Å². The fraction of sp³-hybridized carbons (Fsp3) is 0.312. The number of amides is 1. The Morgan fingerprint density at radius 2 is 2.08 bits per heavy atom. The number of aromatic nitrogens is 5. The van der Waals surface area contributed by atoms with Gasteiger partial charge in [0.25, 0.3) is 5.91 Å². The van der Waals surface area contributed by atoms with E-state index in [0.717, 1.165) is 18.4 Å². The van der Waals surface area contributed by atoms with Gasteiger partial charge in [0.05, 0.1) is 0 Å². The van der Waals surface area contributed by atoms with Crippen LogP contribution < -0.4 is 0 Å². The van der Waals surface area contributed by atoms with Gasteiger partial charge in [0.1, 0.15) is 6.04 Å². The first kappa shape index (κ1) is 15.8. The molecule has 1 aliphatic rings. The van der Waals surface area contributed by atoms with Crippen molar-refractivity contribution in [2.75, 3.05) is 6.54 Å². The van der Waals surface area contributed by atoms with Gasteiger partial charge in [-0.3, -0.25) is 4.79 Å². The van der Waals surface area contributed by atoms with Crippen LogP contribution in [-0.4, -0.2) is 42.3 Å². The van der Waals surface area contributed by atoms with Crippen LogP contribution in [0.2, 0.25) is 5.28 Å². The smallest absolute Gasteiger partial charge is 0.294 e. The van der Waals surface area contributed by atoms with Gasteiger partial charge in [0.15, 0.2) is 0 Å². The van der Waals surface area contributed by atoms with E-state index in [-0.39, 0.29) is 23.1 Å². The maximum Gasteiger partial charge on any atom is 0.294 e. The molecule has 3 heterocycles. The topological polar surface area (TPSA) is 89.9 Å². The van der Waals surface area contributed by atoms with Gasteiger partial charge < -0.3 is 9.42 Å². The third-order valence-electron chi connectivity index (χ3n) is 4.17. The summed E-state index contributed by atoms with van der Waals surface area (Å²) in [6.45, 7) is 0.586. The summed E-state index contributed by atoms with van der Waals surface area (Å²) in [4.78, 5) is 22.8. The van der Waals surface area contributed by atoms with Gasteiger partial charge in [-0.25, -0.2) is 4.68 Å². The van der Waals surface area contributed by atoms with Crippen molar-refractivity contribution in [3.05, 3.63) is 47.3 Å². The van der Waals surface area contributed by atoms with Crippen LogP contribution in [0.3, 0.4) is 0 Å². The van der Waals surface area contributed by atoms with E-state index in [9.17, 15) is 4.79 Å². The Kier molecular flexibility index (Phi) is 3.96. The predicted molar refractivity (Wildman–Crippen MR) is 88.8 cm³/mol. The normalized spacial score (nSPS) is 17.2. The van der Waals surface area contributed by atoms with Gasteiger partial charge >= 0.3 is 0 Å². The number of carbonyl (C=O) groups excluding carboxylic acids is 1. The number of carbonyl (C=O) groups is 1. The molecule has 0 spiro atoms. The van der Waals surface area contributed by atoms with Crippen molar-refractivity contribution < 1.29 is 9.32 Å². The summed E-state index contributed by atoms with van der Waals surface area (Å²) in [7, 11) is 1.64. The zero-order valence-corrected chi connectivity index (χ0v) is 14.2. The van der Waals surface area contributed by atoms with E-state index in [0.29, 0.717) is 18.3 Å². The Labute approximate surface area is 148 Å². The third kappa shape index (κ3) is 2.89. The summed E-state index contributed by atoms with van der Waals surface area (Å²) in [6.07, 6.45) is 1.60. The number of hydrogen-bond acceptors (Lipinski definition) is 6. The Hall–Kier alpha value is -2.74. The maximum atomic E-state index is 12.7. The molecule has 0 bridgehead atoms. The van der Waals surface area contributed by atoms with Crippen LogP contribution in [0.15, 0.2) is 34.9 Å². The van der Waals surface area contributed by atoms with Crippen molar-refractivity contribution in [1.29, 1.82) is 0 Å². The molecule has 9 heteroatoms. The number of likely N-dealkylation sites (tertiary alicyclic amines) is 1. The first-order chi connectivity index (χ1) is 12.1. The van der Waals surface area contributed by atoms with Crippen LogP contribution in [0.25, 0.3) is 11.4 Å². The standard InChI is InChI=1S/C16H15ClN6O2/c1-22-16(17)19-13(20-22)15(24)23-9-5-8-11(23)14-18-12(21-25-14)10-6-3-2-4-7-10/h2-4,6-7,11H,5,8-9H2,1H3/t11-/m0/s1. The lowest BCUT2D eigenvalue weighted by atomic mass is 10.2. The van der Waals surface area contributed by atoms with Gasteiger partial charge in [-0.1, -0.05) is 35.5 Å². The van der Waals surface area contributed by atoms with Gasteiger partial charge in [0.2, 0.25) is 22.8 Å². The van der Waals surface area contributed by atoms with Crippen LogP contribution in [0, 0.1) is 0 Å². The maximum absolute atomic E-state index is 12.7. The molecule has 1 saturated heterocycles. The number of nitrogens with zero attached hydrogens (tertiary/aromatic N) is 6. The molecule has 0 aliphatic carbocycles. The molecule has 0 radical (unpaired) electrons. The van der Waals surface area contributed by atoms with E-state index in [1.807, 2.05) is 30.3 Å². The second kappa shape index (κ2) is 6.29. The summed E-state index contributed by atoms with van der Waals surface area (Å²) in [5.41, 5.74) is 0.867. The van der Waals surface area contributed by atoms with Gasteiger partial charge in [-0.15, -0.1) is 5.10 Å². The van der Waals surface area contributed by atoms with Crippen LogP contribution in [0.1, 0.15) is 35.4 Å². The van der Waals surface area contributed by atoms with Crippen molar-refractivity contribution in [2.45, 2.75) is 18.9 Å². The highest BCUT2D eigenvalue weighted by molar-refractivity contribution is 6.28. The summed E-state index contributed by atoms with van der Waals surface area (Å²) in [6, 6.07) is 9.28. The van der Waals surface area contributed by atoms with Gasteiger partial charge in [-0.05, 0) is 24.4 Å². The minimum atomic E-state index is -0.288. The minimum absolute atomic E-state index is 0.0715. The van der Waals surface area contributed by atoms with Gasteiger partial charge in [-0.2, -0.15) is 9.97 Å². The summed E-state index contributed by atoms with van der Waals surface area (Å²) < 4.78 is 6.78. The lowest BCUT2D eigenvalue weighted by molar-refractivity contribution is 0.0697. The zero-order valence-electron chi connectivity index (χ0n) is 13.5. The highest BCUT2D eigenvalue weighted by Gasteiger charge is 2.36. The Morgan fingerprint density at radius 3 is 2.80 bits per heavy atom. The highest BCUT2D eigenvalue weighted by Crippen LogP contribution is 2.32. The molecule has 1 fully saturated rings. The molecule has 4 rings (SSSR count). The average Bonchev–Trinajstić information content (AvgIpc) is 3.35. The molecule has 25 heavy (non-hydrogen) atoms. The Bertz CT molecular complexity index is 887.